The van der Waals surface area contributed by atoms with Crippen molar-refractivity contribution in [3.05, 3.63) is 29.8 Å². The number of ether oxygens (including phenoxy) is 1. The smallest absolute Gasteiger partial charge is 0.257 e. The molecule has 0 fully saturated rings. The van der Waals surface area contributed by atoms with Crippen molar-refractivity contribution >= 4 is 5.91 Å². The van der Waals surface area contributed by atoms with Crippen LogP contribution < -0.4 is 15.4 Å². The SMILES string of the molecule is CCCCNC(=O)COc1ccccc1CNCC(C)C. The number of benzene rings is 1. The van der Waals surface area contributed by atoms with Gasteiger partial charge in [0.1, 0.15) is 5.75 Å². The summed E-state index contributed by atoms with van der Waals surface area (Å²) in [4.78, 5) is 11.7. The van der Waals surface area contributed by atoms with Gasteiger partial charge in [-0.05, 0) is 24.9 Å². The van der Waals surface area contributed by atoms with E-state index in [1.54, 1.807) is 0 Å². The van der Waals surface area contributed by atoms with Gasteiger partial charge in [0.15, 0.2) is 6.61 Å². The number of amides is 1. The molecule has 1 rings (SSSR count). The van der Waals surface area contributed by atoms with Gasteiger partial charge in [0.25, 0.3) is 5.91 Å². The van der Waals surface area contributed by atoms with Gasteiger partial charge in [-0.15, -0.1) is 0 Å². The first kappa shape index (κ1) is 17.5. The molecule has 0 spiro atoms. The van der Waals surface area contributed by atoms with Gasteiger partial charge in [0.2, 0.25) is 0 Å². The lowest BCUT2D eigenvalue weighted by molar-refractivity contribution is -0.123. The summed E-state index contributed by atoms with van der Waals surface area (Å²) in [5.41, 5.74) is 1.08. The third kappa shape index (κ3) is 7.71. The Kier molecular flexibility index (Phi) is 8.51. The molecule has 0 aliphatic rings. The maximum atomic E-state index is 11.7. The van der Waals surface area contributed by atoms with E-state index < -0.39 is 0 Å². The second-order valence-electron chi connectivity index (χ2n) is 5.62. The van der Waals surface area contributed by atoms with Crippen molar-refractivity contribution in [2.75, 3.05) is 19.7 Å². The number of hydrogen-bond donors (Lipinski definition) is 2. The Morgan fingerprint density at radius 1 is 1.29 bits per heavy atom. The lowest BCUT2D eigenvalue weighted by Crippen LogP contribution is -2.29. The van der Waals surface area contributed by atoms with E-state index in [-0.39, 0.29) is 12.5 Å². The van der Waals surface area contributed by atoms with Gasteiger partial charge in [0, 0.05) is 18.7 Å². The van der Waals surface area contributed by atoms with Crippen LogP contribution in [0.5, 0.6) is 5.75 Å². The maximum absolute atomic E-state index is 11.7. The molecule has 1 aromatic carbocycles. The summed E-state index contributed by atoms with van der Waals surface area (Å²) in [6.45, 7) is 8.97. The molecule has 0 aliphatic carbocycles. The quantitative estimate of drug-likeness (QED) is 0.652. The monoisotopic (exact) mass is 292 g/mol. The van der Waals surface area contributed by atoms with Gasteiger partial charge in [0.05, 0.1) is 0 Å². The Morgan fingerprint density at radius 3 is 2.76 bits per heavy atom. The van der Waals surface area contributed by atoms with Gasteiger partial charge < -0.3 is 15.4 Å². The number of rotatable bonds is 10. The molecule has 0 unspecified atom stereocenters. The van der Waals surface area contributed by atoms with Crippen molar-refractivity contribution in [1.29, 1.82) is 0 Å². The fourth-order valence-electron chi connectivity index (χ4n) is 1.89. The highest BCUT2D eigenvalue weighted by Gasteiger charge is 2.06. The van der Waals surface area contributed by atoms with Crippen LogP contribution in [0, 0.1) is 5.92 Å². The van der Waals surface area contributed by atoms with Crippen LogP contribution in [0.3, 0.4) is 0 Å². The Labute approximate surface area is 128 Å². The van der Waals surface area contributed by atoms with Gasteiger partial charge in [-0.3, -0.25) is 4.79 Å². The van der Waals surface area contributed by atoms with Crippen molar-refractivity contribution in [1.82, 2.24) is 10.6 Å². The minimum absolute atomic E-state index is 0.0617. The summed E-state index contributed by atoms with van der Waals surface area (Å²) in [5, 5.41) is 6.24. The molecule has 118 valence electrons. The van der Waals surface area contributed by atoms with Gasteiger partial charge >= 0.3 is 0 Å². The van der Waals surface area contributed by atoms with E-state index >= 15 is 0 Å². The summed E-state index contributed by atoms with van der Waals surface area (Å²) >= 11 is 0. The molecule has 21 heavy (non-hydrogen) atoms. The standard InChI is InChI=1S/C17H28N2O2/c1-4-5-10-19-17(20)13-21-16-9-7-6-8-15(16)12-18-11-14(2)3/h6-9,14,18H,4-5,10-13H2,1-3H3,(H,19,20). The third-order valence-electron chi connectivity index (χ3n) is 3.05. The highest BCUT2D eigenvalue weighted by molar-refractivity contribution is 5.77. The Morgan fingerprint density at radius 2 is 2.05 bits per heavy atom. The van der Waals surface area contributed by atoms with E-state index in [4.69, 9.17) is 4.74 Å². The molecule has 4 nitrogen and oxygen atoms in total. The van der Waals surface area contributed by atoms with Crippen molar-refractivity contribution in [3.63, 3.8) is 0 Å². The number of carbonyl (C=O) groups excluding carboxylic acids is 1. The summed E-state index contributed by atoms with van der Waals surface area (Å²) < 4.78 is 5.64. The lowest BCUT2D eigenvalue weighted by atomic mass is 10.2. The molecule has 0 saturated carbocycles. The van der Waals surface area contributed by atoms with Crippen LogP contribution in [0.4, 0.5) is 0 Å². The first-order chi connectivity index (χ1) is 10.1. The number of carbonyl (C=O) groups is 1. The summed E-state index contributed by atoms with van der Waals surface area (Å²) in [6, 6.07) is 7.85. The molecule has 0 bridgehead atoms. The molecule has 0 radical (unpaired) electrons. The fraction of sp³-hybridized carbons (Fsp3) is 0.588. The number of para-hydroxylation sites is 1. The summed E-state index contributed by atoms with van der Waals surface area (Å²) in [6.07, 6.45) is 2.08. The molecule has 0 heterocycles. The van der Waals surface area contributed by atoms with E-state index in [1.807, 2.05) is 24.3 Å². The topological polar surface area (TPSA) is 50.4 Å². The van der Waals surface area contributed by atoms with Crippen molar-refractivity contribution in [2.45, 2.75) is 40.2 Å². The molecule has 1 aromatic rings. The van der Waals surface area contributed by atoms with Crippen LogP contribution >= 0.6 is 0 Å². The predicted molar refractivity (Wildman–Crippen MR) is 86.4 cm³/mol. The molecule has 0 saturated heterocycles. The number of unbranched alkanes of at least 4 members (excludes halogenated alkanes) is 1. The zero-order valence-electron chi connectivity index (χ0n) is 13.4. The van der Waals surface area contributed by atoms with E-state index in [0.717, 1.165) is 43.8 Å². The van der Waals surface area contributed by atoms with Gasteiger partial charge in [-0.25, -0.2) is 0 Å². The predicted octanol–water partition coefficient (Wildman–Crippen LogP) is 2.73. The summed E-state index contributed by atoms with van der Waals surface area (Å²) in [7, 11) is 0. The van der Waals surface area contributed by atoms with Gasteiger partial charge in [-0.1, -0.05) is 45.4 Å². The third-order valence-corrected chi connectivity index (χ3v) is 3.05. The molecule has 0 aliphatic heterocycles. The molecule has 2 N–H and O–H groups in total. The Balaban J connectivity index is 2.41. The largest absolute Gasteiger partial charge is 0.483 e. The first-order valence-corrected chi connectivity index (χ1v) is 7.81. The van der Waals surface area contributed by atoms with E-state index in [2.05, 4.69) is 31.4 Å². The average Bonchev–Trinajstić information content (AvgIpc) is 2.46. The molecular weight excluding hydrogens is 264 g/mol. The molecule has 1 amide bonds. The summed E-state index contributed by atoms with van der Waals surface area (Å²) in [5.74, 6) is 1.33. The average molecular weight is 292 g/mol. The zero-order valence-corrected chi connectivity index (χ0v) is 13.4. The van der Waals surface area contributed by atoms with Crippen LogP contribution in [0.15, 0.2) is 24.3 Å². The second-order valence-corrected chi connectivity index (χ2v) is 5.62. The van der Waals surface area contributed by atoms with Crippen LogP contribution in [-0.4, -0.2) is 25.6 Å². The normalized spacial score (nSPS) is 10.7. The Hall–Kier alpha value is -1.55. The van der Waals surface area contributed by atoms with Crippen molar-refractivity contribution in [3.8, 4) is 5.75 Å². The molecule has 0 aromatic heterocycles. The maximum Gasteiger partial charge on any atom is 0.257 e. The molecule has 0 atom stereocenters. The van der Waals surface area contributed by atoms with E-state index in [1.165, 1.54) is 0 Å². The van der Waals surface area contributed by atoms with Crippen molar-refractivity contribution < 1.29 is 9.53 Å². The fourth-order valence-corrected chi connectivity index (χ4v) is 1.89. The van der Waals surface area contributed by atoms with E-state index in [9.17, 15) is 4.79 Å². The van der Waals surface area contributed by atoms with Gasteiger partial charge in [-0.2, -0.15) is 0 Å². The number of hydrogen-bond acceptors (Lipinski definition) is 3. The minimum atomic E-state index is -0.0617. The first-order valence-electron chi connectivity index (χ1n) is 7.81. The highest BCUT2D eigenvalue weighted by Crippen LogP contribution is 2.17. The zero-order chi connectivity index (χ0) is 15.5. The molecule has 4 heteroatoms. The van der Waals surface area contributed by atoms with Crippen molar-refractivity contribution in [2.24, 2.45) is 5.92 Å². The van der Waals surface area contributed by atoms with Crippen LogP contribution in [0.25, 0.3) is 0 Å². The highest BCUT2D eigenvalue weighted by atomic mass is 16.5. The second kappa shape index (κ2) is 10.2. The van der Waals surface area contributed by atoms with Crippen LogP contribution in [-0.2, 0) is 11.3 Å². The lowest BCUT2D eigenvalue weighted by Gasteiger charge is -2.13. The van der Waals surface area contributed by atoms with Crippen LogP contribution in [0.2, 0.25) is 0 Å². The minimum Gasteiger partial charge on any atom is -0.483 e. The molecular formula is C17H28N2O2. The number of nitrogens with one attached hydrogen (secondary N) is 2. The Bertz CT molecular complexity index is 419. The van der Waals surface area contributed by atoms with Crippen LogP contribution in [0.1, 0.15) is 39.2 Å². The van der Waals surface area contributed by atoms with E-state index in [0.29, 0.717) is 5.92 Å².